The van der Waals surface area contributed by atoms with Gasteiger partial charge in [0.05, 0.1) is 6.54 Å². The molecule has 0 aliphatic heterocycles. The van der Waals surface area contributed by atoms with Crippen LogP contribution in [0.3, 0.4) is 0 Å². The average molecular weight is 256 g/mol. The van der Waals surface area contributed by atoms with Gasteiger partial charge in [0.2, 0.25) is 0 Å². The monoisotopic (exact) mass is 256 g/mol. The van der Waals surface area contributed by atoms with Gasteiger partial charge in [-0.05, 0) is 29.9 Å². The molecule has 1 saturated carbocycles. The number of aromatic nitrogens is 2. The second-order valence-electron chi connectivity index (χ2n) is 5.54. The average Bonchev–Trinajstić information content (AvgIpc) is 3.06. The van der Waals surface area contributed by atoms with Crippen LogP contribution in [0, 0.1) is 0 Å². The highest BCUT2D eigenvalue weighted by molar-refractivity contribution is 5.26. The number of nitrogens with zero attached hydrogens (tertiary/aromatic N) is 2. The van der Waals surface area contributed by atoms with Gasteiger partial charge in [0, 0.05) is 19.4 Å². The molecule has 1 aromatic carbocycles. The summed E-state index contributed by atoms with van der Waals surface area (Å²) in [6.45, 7) is 0.657. The zero-order valence-electron chi connectivity index (χ0n) is 11.4. The third-order valence-electron chi connectivity index (χ3n) is 4.18. The molecule has 0 spiro atoms. The SMILES string of the molecule is Cn1ccn(Cc2ccc(C3CCCC3)cc2)c1=O. The van der Waals surface area contributed by atoms with E-state index in [1.165, 1.54) is 36.8 Å². The molecule has 3 nitrogen and oxygen atoms in total. The number of benzene rings is 1. The van der Waals surface area contributed by atoms with Gasteiger partial charge in [-0.25, -0.2) is 4.79 Å². The Labute approximate surface area is 113 Å². The van der Waals surface area contributed by atoms with Gasteiger partial charge in [-0.1, -0.05) is 37.1 Å². The lowest BCUT2D eigenvalue weighted by Gasteiger charge is -2.10. The standard InChI is InChI=1S/C16H20N2O/c1-17-10-11-18(16(17)19)12-13-6-8-15(9-7-13)14-4-2-3-5-14/h6-11,14H,2-5,12H2,1H3. The molecule has 1 aliphatic carbocycles. The maximum absolute atomic E-state index is 11.8. The zero-order valence-corrected chi connectivity index (χ0v) is 11.4. The molecule has 1 aliphatic rings. The second kappa shape index (κ2) is 5.08. The van der Waals surface area contributed by atoms with Crippen LogP contribution in [-0.2, 0) is 13.6 Å². The first-order chi connectivity index (χ1) is 9.24. The lowest BCUT2D eigenvalue weighted by molar-refractivity contribution is 0.710. The van der Waals surface area contributed by atoms with Crippen LogP contribution in [0.15, 0.2) is 41.5 Å². The van der Waals surface area contributed by atoms with Gasteiger partial charge in [-0.2, -0.15) is 0 Å². The summed E-state index contributed by atoms with van der Waals surface area (Å²) in [5, 5.41) is 0. The molecule has 0 radical (unpaired) electrons. The summed E-state index contributed by atoms with van der Waals surface area (Å²) < 4.78 is 3.34. The highest BCUT2D eigenvalue weighted by Crippen LogP contribution is 2.33. The molecule has 0 N–H and O–H groups in total. The van der Waals surface area contributed by atoms with E-state index in [4.69, 9.17) is 0 Å². The van der Waals surface area contributed by atoms with Crippen LogP contribution in [0.5, 0.6) is 0 Å². The van der Waals surface area contributed by atoms with E-state index in [1.54, 1.807) is 22.4 Å². The number of rotatable bonds is 3. The van der Waals surface area contributed by atoms with Crippen LogP contribution in [0.2, 0.25) is 0 Å². The molecule has 1 fully saturated rings. The Bertz CT molecular complexity index is 600. The summed E-state index contributed by atoms with van der Waals surface area (Å²) in [5.41, 5.74) is 2.69. The van der Waals surface area contributed by atoms with E-state index < -0.39 is 0 Å². The molecule has 1 heterocycles. The molecule has 100 valence electrons. The van der Waals surface area contributed by atoms with E-state index in [0.717, 1.165) is 5.92 Å². The summed E-state index contributed by atoms with van der Waals surface area (Å²) >= 11 is 0. The van der Waals surface area contributed by atoms with Crippen molar-refractivity contribution in [2.45, 2.75) is 38.1 Å². The van der Waals surface area contributed by atoms with Gasteiger partial charge in [-0.3, -0.25) is 4.57 Å². The lowest BCUT2D eigenvalue weighted by atomic mass is 9.97. The largest absolute Gasteiger partial charge is 0.328 e. The van der Waals surface area contributed by atoms with Gasteiger partial charge in [0.15, 0.2) is 0 Å². The molecule has 2 aromatic rings. The summed E-state index contributed by atoms with van der Waals surface area (Å²) in [5.74, 6) is 0.758. The molecule has 19 heavy (non-hydrogen) atoms. The number of aryl methyl sites for hydroxylation is 1. The molecular formula is C16H20N2O. The van der Waals surface area contributed by atoms with Crippen LogP contribution in [0.1, 0.15) is 42.7 Å². The smallest absolute Gasteiger partial charge is 0.302 e. The number of hydrogen-bond donors (Lipinski definition) is 0. The summed E-state index contributed by atoms with van der Waals surface area (Å²) in [7, 11) is 1.78. The van der Waals surface area contributed by atoms with Crippen LogP contribution in [-0.4, -0.2) is 9.13 Å². The minimum absolute atomic E-state index is 0.0415. The topological polar surface area (TPSA) is 26.9 Å². The predicted octanol–water partition coefficient (Wildman–Crippen LogP) is 2.89. The fourth-order valence-corrected chi connectivity index (χ4v) is 2.98. The molecule has 0 amide bonds. The van der Waals surface area contributed by atoms with E-state index in [2.05, 4.69) is 24.3 Å². The van der Waals surface area contributed by atoms with Gasteiger partial charge >= 0.3 is 5.69 Å². The van der Waals surface area contributed by atoms with Crippen molar-refractivity contribution in [1.29, 1.82) is 0 Å². The molecule has 0 unspecified atom stereocenters. The van der Waals surface area contributed by atoms with Gasteiger partial charge in [0.1, 0.15) is 0 Å². The van der Waals surface area contributed by atoms with Crippen molar-refractivity contribution in [1.82, 2.24) is 9.13 Å². The number of hydrogen-bond acceptors (Lipinski definition) is 1. The van der Waals surface area contributed by atoms with Crippen LogP contribution in [0.4, 0.5) is 0 Å². The Morgan fingerprint density at radius 2 is 1.79 bits per heavy atom. The summed E-state index contributed by atoms with van der Waals surface area (Å²) in [4.78, 5) is 11.8. The van der Waals surface area contributed by atoms with Gasteiger partial charge < -0.3 is 4.57 Å². The van der Waals surface area contributed by atoms with Crippen LogP contribution in [0.25, 0.3) is 0 Å². The van der Waals surface area contributed by atoms with Crippen molar-refractivity contribution in [3.63, 3.8) is 0 Å². The maximum Gasteiger partial charge on any atom is 0.328 e. The Morgan fingerprint density at radius 1 is 1.11 bits per heavy atom. The third kappa shape index (κ3) is 2.50. The second-order valence-corrected chi connectivity index (χ2v) is 5.54. The molecular weight excluding hydrogens is 236 g/mol. The minimum atomic E-state index is 0.0415. The van der Waals surface area contributed by atoms with Gasteiger partial charge in [-0.15, -0.1) is 0 Å². The van der Waals surface area contributed by atoms with Gasteiger partial charge in [0.25, 0.3) is 0 Å². The summed E-state index contributed by atoms with van der Waals surface area (Å²) in [6.07, 6.45) is 9.04. The van der Waals surface area contributed by atoms with Crippen molar-refractivity contribution in [2.75, 3.05) is 0 Å². The number of imidazole rings is 1. The fourth-order valence-electron chi connectivity index (χ4n) is 2.98. The first-order valence-corrected chi connectivity index (χ1v) is 7.04. The van der Waals surface area contributed by atoms with Crippen LogP contribution < -0.4 is 5.69 Å². The first-order valence-electron chi connectivity index (χ1n) is 7.04. The van der Waals surface area contributed by atoms with E-state index >= 15 is 0 Å². The molecule has 0 saturated heterocycles. The van der Waals surface area contributed by atoms with Crippen molar-refractivity contribution < 1.29 is 0 Å². The normalized spacial score (nSPS) is 16.1. The van der Waals surface area contributed by atoms with E-state index in [1.807, 2.05) is 6.20 Å². The van der Waals surface area contributed by atoms with Crippen molar-refractivity contribution in [2.24, 2.45) is 7.05 Å². The van der Waals surface area contributed by atoms with Crippen LogP contribution >= 0.6 is 0 Å². The molecule has 3 heteroatoms. The molecule has 0 atom stereocenters. The Morgan fingerprint density at radius 3 is 2.37 bits per heavy atom. The predicted molar refractivity (Wildman–Crippen MR) is 76.4 cm³/mol. The Balaban J connectivity index is 1.75. The Hall–Kier alpha value is -1.77. The lowest BCUT2D eigenvalue weighted by Crippen LogP contribution is -2.22. The van der Waals surface area contributed by atoms with E-state index in [9.17, 15) is 4.79 Å². The van der Waals surface area contributed by atoms with E-state index in [-0.39, 0.29) is 5.69 Å². The fraction of sp³-hybridized carbons (Fsp3) is 0.438. The zero-order chi connectivity index (χ0) is 13.2. The molecule has 3 rings (SSSR count). The molecule has 1 aromatic heterocycles. The third-order valence-corrected chi connectivity index (χ3v) is 4.18. The molecule has 0 bridgehead atoms. The van der Waals surface area contributed by atoms with Crippen molar-refractivity contribution in [3.05, 3.63) is 58.3 Å². The highest BCUT2D eigenvalue weighted by Gasteiger charge is 2.16. The minimum Gasteiger partial charge on any atom is -0.302 e. The highest BCUT2D eigenvalue weighted by atomic mass is 16.1. The van der Waals surface area contributed by atoms with Crippen molar-refractivity contribution >= 4 is 0 Å². The maximum atomic E-state index is 11.8. The quantitative estimate of drug-likeness (QED) is 0.829. The summed E-state index contributed by atoms with van der Waals surface area (Å²) in [6, 6.07) is 8.79. The first kappa shape index (κ1) is 12.3. The van der Waals surface area contributed by atoms with Crippen molar-refractivity contribution in [3.8, 4) is 0 Å². The Kier molecular flexibility index (Phi) is 3.28. The van der Waals surface area contributed by atoms with E-state index in [0.29, 0.717) is 6.54 Å².